The number of halogens is 1. The van der Waals surface area contributed by atoms with E-state index in [0.29, 0.717) is 35.3 Å². The monoisotopic (exact) mass is 436 g/mol. The summed E-state index contributed by atoms with van der Waals surface area (Å²) >= 11 is 8.63. The van der Waals surface area contributed by atoms with Gasteiger partial charge in [-0.3, -0.25) is 10.1 Å². The fourth-order valence-corrected chi connectivity index (χ4v) is 2.70. The van der Waals surface area contributed by atoms with Crippen molar-refractivity contribution in [3.05, 3.63) is 52.5 Å². The largest absolute Gasteiger partial charge is 0.495 e. The smallest absolute Gasteiger partial charge is 0.261 e. The molecule has 0 radical (unpaired) electrons. The molecule has 0 unspecified atom stereocenters. The first-order chi connectivity index (χ1) is 12.4. The minimum Gasteiger partial charge on any atom is -0.495 e. The predicted molar refractivity (Wildman–Crippen MR) is 111 cm³/mol. The Labute approximate surface area is 167 Å². The lowest BCUT2D eigenvalue weighted by Gasteiger charge is -2.15. The van der Waals surface area contributed by atoms with Crippen molar-refractivity contribution < 1.29 is 14.3 Å². The maximum Gasteiger partial charge on any atom is 0.261 e. The van der Waals surface area contributed by atoms with Gasteiger partial charge in [0.25, 0.3) is 5.91 Å². The number of thiocarbonyl (C=S) groups is 1. The summed E-state index contributed by atoms with van der Waals surface area (Å²) in [6.45, 7) is 4.61. The van der Waals surface area contributed by atoms with E-state index >= 15 is 0 Å². The molecule has 2 rings (SSSR count). The van der Waals surface area contributed by atoms with Crippen LogP contribution in [0, 0.1) is 5.92 Å². The average molecular weight is 437 g/mol. The molecule has 26 heavy (non-hydrogen) atoms. The number of benzene rings is 2. The topological polar surface area (TPSA) is 59.6 Å². The molecule has 0 aliphatic heterocycles. The third kappa shape index (κ3) is 5.71. The number of para-hydroxylation sites is 2. The highest BCUT2D eigenvalue weighted by Gasteiger charge is 2.16. The Bertz CT molecular complexity index is 796. The van der Waals surface area contributed by atoms with E-state index < -0.39 is 0 Å². The van der Waals surface area contributed by atoms with Crippen molar-refractivity contribution >= 4 is 44.9 Å². The van der Waals surface area contributed by atoms with Crippen molar-refractivity contribution in [3.8, 4) is 11.5 Å². The third-order valence-electron chi connectivity index (χ3n) is 3.34. The van der Waals surface area contributed by atoms with Crippen LogP contribution in [0.25, 0.3) is 0 Å². The van der Waals surface area contributed by atoms with Crippen LogP contribution >= 0.6 is 28.1 Å². The number of methoxy groups -OCH3 is 1. The number of anilines is 1. The van der Waals surface area contributed by atoms with Crippen LogP contribution in [0.5, 0.6) is 11.5 Å². The van der Waals surface area contributed by atoms with Crippen LogP contribution in [0.1, 0.15) is 24.2 Å². The summed E-state index contributed by atoms with van der Waals surface area (Å²) in [6, 6.07) is 12.6. The maximum atomic E-state index is 12.6. The molecule has 0 heterocycles. The maximum absolute atomic E-state index is 12.6. The fourth-order valence-electron chi connectivity index (χ4n) is 2.13. The number of nitrogens with one attached hydrogen (secondary N) is 2. The standard InChI is InChI=1S/C19H21BrN2O3S/c1-12(2)11-25-16-9-8-13(20)10-14(16)18(23)22-19(26)21-15-6-4-5-7-17(15)24-3/h4-10,12H,11H2,1-3H3,(H2,21,22,23,26). The van der Waals surface area contributed by atoms with Crippen molar-refractivity contribution in [1.82, 2.24) is 5.32 Å². The molecular formula is C19H21BrN2O3S. The second kappa shape index (κ2) is 9.54. The van der Waals surface area contributed by atoms with Gasteiger partial charge in [0.2, 0.25) is 0 Å². The zero-order valence-electron chi connectivity index (χ0n) is 14.8. The van der Waals surface area contributed by atoms with Crippen LogP contribution in [0.3, 0.4) is 0 Å². The summed E-state index contributed by atoms with van der Waals surface area (Å²) in [5.41, 5.74) is 1.08. The Balaban J connectivity index is 2.11. The van der Waals surface area contributed by atoms with Crippen LogP contribution in [0.4, 0.5) is 5.69 Å². The molecular weight excluding hydrogens is 416 g/mol. The third-order valence-corrected chi connectivity index (χ3v) is 4.04. The Hall–Kier alpha value is -2.12. The molecule has 2 N–H and O–H groups in total. The number of carbonyl (C=O) groups is 1. The van der Waals surface area contributed by atoms with Gasteiger partial charge in [-0.25, -0.2) is 0 Å². The minimum atomic E-state index is -0.350. The van der Waals surface area contributed by atoms with E-state index in [1.807, 2.05) is 38.1 Å². The molecule has 2 aromatic carbocycles. The van der Waals surface area contributed by atoms with Gasteiger partial charge in [0.1, 0.15) is 11.5 Å². The van der Waals surface area contributed by atoms with E-state index in [1.54, 1.807) is 25.3 Å². The van der Waals surface area contributed by atoms with Gasteiger partial charge in [-0.2, -0.15) is 0 Å². The highest BCUT2D eigenvalue weighted by atomic mass is 79.9. The van der Waals surface area contributed by atoms with Gasteiger partial charge in [-0.1, -0.05) is 41.9 Å². The predicted octanol–water partition coefficient (Wildman–Crippen LogP) is 4.62. The van der Waals surface area contributed by atoms with Crippen molar-refractivity contribution in [2.75, 3.05) is 19.0 Å². The van der Waals surface area contributed by atoms with Gasteiger partial charge in [0.05, 0.1) is 25.0 Å². The normalized spacial score (nSPS) is 10.3. The number of amides is 1. The molecule has 5 nitrogen and oxygen atoms in total. The molecule has 7 heteroatoms. The van der Waals surface area contributed by atoms with Gasteiger partial charge < -0.3 is 14.8 Å². The van der Waals surface area contributed by atoms with Gasteiger partial charge in [0.15, 0.2) is 5.11 Å². The molecule has 0 aliphatic carbocycles. The summed E-state index contributed by atoms with van der Waals surface area (Å²) in [6.07, 6.45) is 0. The summed E-state index contributed by atoms with van der Waals surface area (Å²) in [4.78, 5) is 12.6. The number of hydrogen-bond donors (Lipinski definition) is 2. The Morgan fingerprint density at radius 3 is 2.62 bits per heavy atom. The first kappa shape index (κ1) is 20.2. The van der Waals surface area contributed by atoms with Gasteiger partial charge >= 0.3 is 0 Å². The van der Waals surface area contributed by atoms with Crippen LogP contribution < -0.4 is 20.1 Å². The van der Waals surface area contributed by atoms with Crippen LogP contribution in [0.2, 0.25) is 0 Å². The van der Waals surface area contributed by atoms with Crippen molar-refractivity contribution in [2.24, 2.45) is 5.92 Å². The Morgan fingerprint density at radius 1 is 1.19 bits per heavy atom. The number of ether oxygens (including phenoxy) is 2. The summed E-state index contributed by atoms with van der Waals surface area (Å²) in [5, 5.41) is 5.82. The highest BCUT2D eigenvalue weighted by Crippen LogP contribution is 2.25. The fraction of sp³-hybridized carbons (Fsp3) is 0.263. The Morgan fingerprint density at radius 2 is 1.92 bits per heavy atom. The van der Waals surface area contributed by atoms with E-state index in [9.17, 15) is 4.79 Å². The summed E-state index contributed by atoms with van der Waals surface area (Å²) in [7, 11) is 1.57. The first-order valence-corrected chi connectivity index (χ1v) is 9.28. The molecule has 0 bridgehead atoms. The van der Waals surface area contributed by atoms with Crippen molar-refractivity contribution in [2.45, 2.75) is 13.8 Å². The zero-order chi connectivity index (χ0) is 19.1. The minimum absolute atomic E-state index is 0.175. The second-order valence-electron chi connectivity index (χ2n) is 5.95. The lowest BCUT2D eigenvalue weighted by molar-refractivity contribution is 0.0973. The number of rotatable bonds is 6. The number of hydrogen-bond acceptors (Lipinski definition) is 4. The zero-order valence-corrected chi connectivity index (χ0v) is 17.2. The highest BCUT2D eigenvalue weighted by molar-refractivity contribution is 9.10. The van der Waals surface area contributed by atoms with Gasteiger partial charge in [-0.15, -0.1) is 0 Å². The van der Waals surface area contributed by atoms with Crippen LogP contribution in [0.15, 0.2) is 46.9 Å². The molecule has 138 valence electrons. The molecule has 0 saturated heterocycles. The Kier molecular flexibility index (Phi) is 7.41. The molecule has 0 spiro atoms. The summed E-state index contributed by atoms with van der Waals surface area (Å²) < 4.78 is 11.8. The molecule has 0 atom stereocenters. The van der Waals surface area contributed by atoms with E-state index in [-0.39, 0.29) is 11.0 Å². The molecule has 2 aromatic rings. The molecule has 0 aliphatic rings. The van der Waals surface area contributed by atoms with Crippen molar-refractivity contribution in [3.63, 3.8) is 0 Å². The van der Waals surface area contributed by atoms with E-state index in [2.05, 4.69) is 26.6 Å². The van der Waals surface area contributed by atoms with E-state index in [4.69, 9.17) is 21.7 Å². The lowest BCUT2D eigenvalue weighted by Crippen LogP contribution is -2.34. The van der Waals surface area contributed by atoms with E-state index in [1.165, 1.54) is 0 Å². The SMILES string of the molecule is COc1ccccc1NC(=S)NC(=O)c1cc(Br)ccc1OCC(C)C. The molecule has 0 saturated carbocycles. The molecule has 0 aromatic heterocycles. The van der Waals surface area contributed by atoms with Crippen molar-refractivity contribution in [1.29, 1.82) is 0 Å². The second-order valence-corrected chi connectivity index (χ2v) is 7.28. The molecule has 0 fully saturated rings. The molecule has 1 amide bonds. The van der Waals surface area contributed by atoms with Crippen LogP contribution in [-0.2, 0) is 0 Å². The van der Waals surface area contributed by atoms with Gasteiger partial charge in [-0.05, 0) is 48.5 Å². The van der Waals surface area contributed by atoms with Gasteiger partial charge in [0, 0.05) is 4.47 Å². The quantitative estimate of drug-likeness (QED) is 0.646. The average Bonchev–Trinajstić information content (AvgIpc) is 2.60. The summed E-state index contributed by atoms with van der Waals surface area (Å²) in [5.74, 6) is 1.15. The first-order valence-electron chi connectivity index (χ1n) is 8.08. The van der Waals surface area contributed by atoms with Crippen LogP contribution in [-0.4, -0.2) is 24.7 Å². The van der Waals surface area contributed by atoms with E-state index in [0.717, 1.165) is 4.47 Å². The number of carbonyl (C=O) groups excluding carboxylic acids is 1. The lowest BCUT2D eigenvalue weighted by atomic mass is 10.2.